The van der Waals surface area contributed by atoms with E-state index in [2.05, 4.69) is 56.9 Å². The predicted molar refractivity (Wildman–Crippen MR) is 143 cm³/mol. The van der Waals surface area contributed by atoms with Gasteiger partial charge in [-0.2, -0.15) is 0 Å². The predicted octanol–water partition coefficient (Wildman–Crippen LogP) is 6.36. The van der Waals surface area contributed by atoms with Crippen LogP contribution in [0.1, 0.15) is 53.0 Å². The first-order valence-corrected chi connectivity index (χ1v) is 12.5. The number of anilines is 1. The van der Waals surface area contributed by atoms with Gasteiger partial charge in [-0.1, -0.05) is 44.2 Å². The maximum atomic E-state index is 12.2. The fourth-order valence-corrected chi connectivity index (χ4v) is 5.31. The number of aliphatic imine (C=N–C) groups is 1. The molecule has 0 saturated carbocycles. The molecule has 0 saturated heterocycles. The van der Waals surface area contributed by atoms with E-state index < -0.39 is 11.7 Å². The Bertz CT molecular complexity index is 1390. The van der Waals surface area contributed by atoms with Crippen molar-refractivity contribution in [1.29, 1.82) is 0 Å². The molecule has 36 heavy (non-hydrogen) atoms. The molecular weight excluding hydrogens is 452 g/mol. The molecule has 0 radical (unpaired) electrons. The monoisotopic (exact) mass is 484 g/mol. The Labute approximate surface area is 211 Å². The minimum absolute atomic E-state index is 0.0385. The number of Topliss-reactive ketones (excluding diaryl/α,β-unsaturated/α-hetero) is 1. The number of hydrogen-bond acceptors (Lipinski definition) is 6. The zero-order valence-corrected chi connectivity index (χ0v) is 21.5. The first-order chi connectivity index (χ1) is 17.1. The summed E-state index contributed by atoms with van der Waals surface area (Å²) in [6.45, 7) is 11.1. The van der Waals surface area contributed by atoms with E-state index in [0.29, 0.717) is 17.4 Å². The van der Waals surface area contributed by atoms with Crippen molar-refractivity contribution in [1.82, 2.24) is 0 Å². The van der Waals surface area contributed by atoms with E-state index in [1.165, 1.54) is 18.2 Å². The Morgan fingerprint density at radius 2 is 1.81 bits per heavy atom. The van der Waals surface area contributed by atoms with Gasteiger partial charge in [-0.05, 0) is 61.9 Å². The zero-order chi connectivity index (χ0) is 25.7. The molecule has 0 amide bonds. The Hall–Kier alpha value is -3.67. The molecule has 0 fully saturated rings. The molecule has 2 aliphatic rings. The molecule has 6 nitrogen and oxygen atoms in total. The molecule has 2 heterocycles. The molecule has 186 valence electrons. The van der Waals surface area contributed by atoms with E-state index >= 15 is 0 Å². The molecule has 2 aliphatic heterocycles. The second kappa shape index (κ2) is 8.77. The summed E-state index contributed by atoms with van der Waals surface area (Å²) in [6, 6.07) is 18.0. The summed E-state index contributed by atoms with van der Waals surface area (Å²) in [4.78, 5) is 30.7. The summed E-state index contributed by atoms with van der Waals surface area (Å²) < 4.78 is 12.4. The maximum Gasteiger partial charge on any atom is 0.311 e. The van der Waals surface area contributed by atoms with Crippen molar-refractivity contribution in [3.63, 3.8) is 0 Å². The molecule has 6 heteroatoms. The fraction of sp³-hybridized carbons (Fsp3) is 0.367. The van der Waals surface area contributed by atoms with E-state index in [-0.39, 0.29) is 24.0 Å². The smallest absolute Gasteiger partial charge is 0.311 e. The number of ether oxygens (including phenoxy) is 2. The normalized spacial score (nSPS) is 19.3. The lowest BCUT2D eigenvalue weighted by atomic mass is 9.77. The van der Waals surface area contributed by atoms with Crippen LogP contribution in [0, 0.1) is 5.92 Å². The van der Waals surface area contributed by atoms with Crippen molar-refractivity contribution in [2.45, 2.75) is 58.6 Å². The molecule has 1 atom stereocenters. The number of rotatable bonds is 6. The zero-order valence-electron chi connectivity index (χ0n) is 21.5. The first-order valence-electron chi connectivity index (χ1n) is 12.5. The van der Waals surface area contributed by atoms with Gasteiger partial charge in [-0.3, -0.25) is 9.79 Å². The molecule has 0 aliphatic carbocycles. The third-order valence-electron chi connectivity index (χ3n) is 7.19. The molecule has 0 bridgehead atoms. The van der Waals surface area contributed by atoms with Gasteiger partial charge in [-0.25, -0.2) is 0 Å². The fourth-order valence-electron chi connectivity index (χ4n) is 5.31. The third kappa shape index (κ3) is 3.85. The average Bonchev–Trinajstić information content (AvgIpc) is 3.01. The summed E-state index contributed by atoms with van der Waals surface area (Å²) in [5, 5.41) is 1.82. The summed E-state index contributed by atoms with van der Waals surface area (Å²) in [7, 11) is 0. The Morgan fingerprint density at radius 3 is 2.56 bits per heavy atom. The van der Waals surface area contributed by atoms with Crippen LogP contribution in [0.4, 0.5) is 11.4 Å². The van der Waals surface area contributed by atoms with Gasteiger partial charge < -0.3 is 19.2 Å². The van der Waals surface area contributed by atoms with Gasteiger partial charge in [0.1, 0.15) is 23.0 Å². The maximum absolute atomic E-state index is 12.2. The van der Waals surface area contributed by atoms with Crippen LogP contribution in [0.25, 0.3) is 10.8 Å². The van der Waals surface area contributed by atoms with E-state index in [9.17, 15) is 9.59 Å². The van der Waals surface area contributed by atoms with Crippen LogP contribution in [-0.2, 0) is 15.0 Å². The topological polar surface area (TPSA) is 68.2 Å². The first kappa shape index (κ1) is 24.0. The number of hydrogen-bond donors (Lipinski definition) is 0. The van der Waals surface area contributed by atoms with Gasteiger partial charge in [-0.15, -0.1) is 0 Å². The minimum atomic E-state index is -0.765. The molecular formula is C30H32N2O4. The lowest BCUT2D eigenvalue weighted by Gasteiger charge is -2.46. The number of nitrogens with zero attached hydrogens (tertiary/aromatic N) is 2. The molecule has 1 unspecified atom stereocenters. The summed E-state index contributed by atoms with van der Waals surface area (Å²) in [5.74, 6) is 1.08. The number of benzene rings is 3. The molecule has 1 spiro atoms. The van der Waals surface area contributed by atoms with Crippen LogP contribution in [0.5, 0.6) is 11.5 Å². The summed E-state index contributed by atoms with van der Waals surface area (Å²) in [5.41, 5.74) is 2.02. The van der Waals surface area contributed by atoms with Crippen molar-refractivity contribution in [2.24, 2.45) is 10.9 Å². The van der Waals surface area contributed by atoms with Crippen LogP contribution < -0.4 is 14.4 Å². The van der Waals surface area contributed by atoms with E-state index in [1.807, 2.05) is 30.5 Å². The van der Waals surface area contributed by atoms with E-state index in [0.717, 1.165) is 23.0 Å². The van der Waals surface area contributed by atoms with Gasteiger partial charge in [0.15, 0.2) is 0 Å². The van der Waals surface area contributed by atoms with Gasteiger partial charge in [0.05, 0.1) is 18.1 Å². The van der Waals surface area contributed by atoms with Crippen molar-refractivity contribution in [2.75, 3.05) is 11.4 Å². The van der Waals surface area contributed by atoms with Gasteiger partial charge in [0.2, 0.25) is 5.72 Å². The van der Waals surface area contributed by atoms with Crippen LogP contribution >= 0.6 is 0 Å². The SMILES string of the molecule is CC(=O)CCC(=O)Oc1ccc2ccc3c(c2c1)N=CC1(O3)N(CC(C)C)c2ccccc2C1(C)C. The van der Waals surface area contributed by atoms with Crippen LogP contribution in [0.3, 0.4) is 0 Å². The lowest BCUT2D eigenvalue weighted by Crippen LogP contribution is -2.62. The largest absolute Gasteiger partial charge is 0.459 e. The van der Waals surface area contributed by atoms with Crippen LogP contribution in [0.2, 0.25) is 0 Å². The highest BCUT2D eigenvalue weighted by Gasteiger charge is 2.59. The average molecular weight is 485 g/mol. The Kier molecular flexibility index (Phi) is 5.86. The Balaban J connectivity index is 1.54. The van der Waals surface area contributed by atoms with Gasteiger partial charge in [0, 0.05) is 24.0 Å². The minimum Gasteiger partial charge on any atom is -0.459 e. The number of carbonyl (C=O) groups excluding carboxylic acids is 2. The summed E-state index contributed by atoms with van der Waals surface area (Å²) >= 11 is 0. The highest BCUT2D eigenvalue weighted by Crippen LogP contribution is 2.55. The number of para-hydroxylation sites is 1. The highest BCUT2D eigenvalue weighted by atomic mass is 16.5. The van der Waals surface area contributed by atoms with Crippen molar-refractivity contribution >= 4 is 40.1 Å². The number of ketones is 1. The quantitative estimate of drug-likeness (QED) is 0.301. The number of fused-ring (bicyclic) bond motifs is 4. The highest BCUT2D eigenvalue weighted by molar-refractivity contribution is 6.00. The molecule has 3 aromatic carbocycles. The lowest BCUT2D eigenvalue weighted by molar-refractivity contribution is -0.135. The van der Waals surface area contributed by atoms with Crippen LogP contribution in [0.15, 0.2) is 59.6 Å². The number of esters is 1. The van der Waals surface area contributed by atoms with Crippen molar-refractivity contribution in [3.8, 4) is 11.5 Å². The summed E-state index contributed by atoms with van der Waals surface area (Å²) in [6.07, 6.45) is 2.18. The van der Waals surface area contributed by atoms with Gasteiger partial charge in [0.25, 0.3) is 0 Å². The van der Waals surface area contributed by atoms with Crippen molar-refractivity contribution in [3.05, 3.63) is 60.2 Å². The second-order valence-corrected chi connectivity index (χ2v) is 10.7. The third-order valence-corrected chi connectivity index (χ3v) is 7.19. The molecule has 0 N–H and O–H groups in total. The van der Waals surface area contributed by atoms with Crippen LogP contribution in [-0.4, -0.2) is 30.2 Å². The standard InChI is InChI=1S/C30H32N2O4/c1-19(2)17-32-25-9-7-6-8-24(25)29(4,5)30(32)18-31-28-23-16-22(35-27(34)15-10-20(3)33)13-11-21(23)12-14-26(28)36-30/h6-9,11-14,16,18-19H,10,15,17H2,1-5H3. The van der Waals surface area contributed by atoms with Crippen molar-refractivity contribution < 1.29 is 19.1 Å². The second-order valence-electron chi connectivity index (χ2n) is 10.7. The Morgan fingerprint density at radius 1 is 1.06 bits per heavy atom. The number of carbonyl (C=O) groups is 2. The van der Waals surface area contributed by atoms with Gasteiger partial charge >= 0.3 is 5.97 Å². The van der Waals surface area contributed by atoms with E-state index in [4.69, 9.17) is 14.5 Å². The molecule has 5 rings (SSSR count). The molecule has 3 aromatic rings. The molecule has 0 aromatic heterocycles. The van der Waals surface area contributed by atoms with E-state index in [1.54, 1.807) is 6.07 Å².